The summed E-state index contributed by atoms with van der Waals surface area (Å²) in [5.74, 6) is 0. The number of hydrogen-bond donors (Lipinski definition) is 2. The average molecular weight is 356 g/mol. The quantitative estimate of drug-likeness (QED) is 0.839. The Morgan fingerprint density at radius 1 is 1.00 bits per heavy atom. The Hall–Kier alpha value is -2.49. The fourth-order valence-electron chi connectivity index (χ4n) is 2.26. The number of methoxy groups -OCH3 is 1. The van der Waals surface area contributed by atoms with Crippen LogP contribution in [0.2, 0.25) is 0 Å². The zero-order valence-corrected chi connectivity index (χ0v) is 14.3. The normalized spacial score (nSPS) is 14.9. The summed E-state index contributed by atoms with van der Waals surface area (Å²) in [6.07, 6.45) is 0.667. The van der Waals surface area contributed by atoms with Gasteiger partial charge >= 0.3 is 12.1 Å². The molecule has 132 valence electrons. The number of nitrogens with one attached hydrogen (secondary N) is 2. The second-order valence-corrected chi connectivity index (χ2v) is 7.07. The Kier molecular flexibility index (Phi) is 5.50. The van der Waals surface area contributed by atoms with Crippen LogP contribution in [-0.4, -0.2) is 69.9 Å². The van der Waals surface area contributed by atoms with Crippen LogP contribution in [0.4, 0.5) is 21.0 Å². The highest BCUT2D eigenvalue weighted by molar-refractivity contribution is 7.92. The number of urea groups is 1. The van der Waals surface area contributed by atoms with Crippen LogP contribution in [0.15, 0.2) is 24.3 Å². The van der Waals surface area contributed by atoms with Gasteiger partial charge in [-0.1, -0.05) is 0 Å². The molecule has 9 nitrogen and oxygen atoms in total. The molecule has 0 aromatic heterocycles. The van der Waals surface area contributed by atoms with Gasteiger partial charge < -0.3 is 19.9 Å². The van der Waals surface area contributed by atoms with Gasteiger partial charge in [-0.2, -0.15) is 0 Å². The third kappa shape index (κ3) is 5.01. The maximum atomic E-state index is 12.2. The largest absolute Gasteiger partial charge is 0.453 e. The molecule has 1 aromatic rings. The molecule has 24 heavy (non-hydrogen) atoms. The Balaban J connectivity index is 1.88. The predicted molar refractivity (Wildman–Crippen MR) is 89.5 cm³/mol. The minimum atomic E-state index is -3.33. The molecular weight excluding hydrogens is 336 g/mol. The summed E-state index contributed by atoms with van der Waals surface area (Å²) in [6, 6.07) is 6.06. The summed E-state index contributed by atoms with van der Waals surface area (Å²) in [5.41, 5.74) is 0.969. The van der Waals surface area contributed by atoms with Crippen LogP contribution in [-0.2, 0) is 14.8 Å². The van der Waals surface area contributed by atoms with Crippen molar-refractivity contribution in [1.82, 2.24) is 9.80 Å². The van der Waals surface area contributed by atoms with Crippen molar-refractivity contribution in [3.05, 3.63) is 24.3 Å². The van der Waals surface area contributed by atoms with Crippen LogP contribution in [0.3, 0.4) is 0 Å². The van der Waals surface area contributed by atoms with E-state index in [0.717, 1.165) is 6.26 Å². The summed E-state index contributed by atoms with van der Waals surface area (Å²) in [5, 5.41) is 2.73. The van der Waals surface area contributed by atoms with Crippen molar-refractivity contribution < 1.29 is 22.7 Å². The molecule has 1 aliphatic heterocycles. The highest BCUT2D eigenvalue weighted by Crippen LogP contribution is 2.15. The summed E-state index contributed by atoms with van der Waals surface area (Å²) in [6.45, 7) is 1.65. The van der Waals surface area contributed by atoms with E-state index in [1.165, 1.54) is 12.0 Å². The highest BCUT2D eigenvalue weighted by atomic mass is 32.2. The molecule has 2 rings (SSSR count). The van der Waals surface area contributed by atoms with Gasteiger partial charge in [0.25, 0.3) is 0 Å². The topological polar surface area (TPSA) is 108 Å². The molecule has 1 heterocycles. The monoisotopic (exact) mass is 356 g/mol. The molecule has 0 saturated carbocycles. The van der Waals surface area contributed by atoms with Crippen molar-refractivity contribution in [2.24, 2.45) is 0 Å². The number of piperazine rings is 1. The van der Waals surface area contributed by atoms with Crippen molar-refractivity contribution in [3.63, 3.8) is 0 Å². The maximum absolute atomic E-state index is 12.2. The zero-order valence-electron chi connectivity index (χ0n) is 13.5. The summed E-state index contributed by atoms with van der Waals surface area (Å²) >= 11 is 0. The number of nitrogens with zero attached hydrogens (tertiary/aromatic N) is 2. The average Bonchev–Trinajstić information content (AvgIpc) is 2.54. The highest BCUT2D eigenvalue weighted by Gasteiger charge is 2.24. The number of rotatable bonds is 3. The maximum Gasteiger partial charge on any atom is 0.409 e. The van der Waals surface area contributed by atoms with Crippen LogP contribution in [0.25, 0.3) is 0 Å². The van der Waals surface area contributed by atoms with Crippen LogP contribution in [0, 0.1) is 0 Å². The van der Waals surface area contributed by atoms with Gasteiger partial charge in [0.15, 0.2) is 0 Å². The first kappa shape index (κ1) is 17.9. The lowest BCUT2D eigenvalue weighted by Gasteiger charge is -2.33. The van der Waals surface area contributed by atoms with E-state index in [2.05, 4.69) is 14.8 Å². The van der Waals surface area contributed by atoms with E-state index in [1.54, 1.807) is 29.2 Å². The molecule has 0 atom stereocenters. The molecule has 0 aliphatic carbocycles. The molecule has 0 radical (unpaired) electrons. The number of carbonyl (C=O) groups excluding carboxylic acids is 2. The van der Waals surface area contributed by atoms with Gasteiger partial charge in [0.05, 0.1) is 13.4 Å². The van der Waals surface area contributed by atoms with Crippen molar-refractivity contribution in [2.75, 3.05) is 49.6 Å². The van der Waals surface area contributed by atoms with E-state index in [1.807, 2.05) is 0 Å². The van der Waals surface area contributed by atoms with Gasteiger partial charge in [0.2, 0.25) is 10.0 Å². The lowest BCUT2D eigenvalue weighted by Crippen LogP contribution is -2.51. The van der Waals surface area contributed by atoms with E-state index >= 15 is 0 Å². The molecule has 1 aliphatic rings. The molecule has 10 heteroatoms. The summed E-state index contributed by atoms with van der Waals surface area (Å²) < 4.78 is 29.3. The molecule has 0 bridgehead atoms. The third-order valence-electron chi connectivity index (χ3n) is 3.44. The predicted octanol–water partition coefficient (Wildman–Crippen LogP) is 0.974. The van der Waals surface area contributed by atoms with Crippen molar-refractivity contribution in [1.29, 1.82) is 0 Å². The lowest BCUT2D eigenvalue weighted by atomic mass is 10.3. The number of hydrogen-bond acceptors (Lipinski definition) is 5. The summed E-state index contributed by atoms with van der Waals surface area (Å²) in [4.78, 5) is 26.7. The second kappa shape index (κ2) is 7.39. The first-order valence-corrected chi connectivity index (χ1v) is 9.14. The molecule has 2 N–H and O–H groups in total. The Labute approximate surface area is 140 Å². The fraction of sp³-hybridized carbons (Fsp3) is 0.429. The minimum Gasteiger partial charge on any atom is -0.453 e. The van der Waals surface area contributed by atoms with E-state index in [0.29, 0.717) is 37.6 Å². The molecule has 3 amide bonds. The fourth-order valence-corrected chi connectivity index (χ4v) is 2.82. The second-order valence-electron chi connectivity index (χ2n) is 5.33. The molecular formula is C14H20N4O5S. The van der Waals surface area contributed by atoms with Crippen molar-refractivity contribution in [2.45, 2.75) is 0 Å². The minimum absolute atomic E-state index is 0.275. The van der Waals surface area contributed by atoms with E-state index in [9.17, 15) is 18.0 Å². The Morgan fingerprint density at radius 3 is 2.00 bits per heavy atom. The summed E-state index contributed by atoms with van der Waals surface area (Å²) in [7, 11) is -2.01. The van der Waals surface area contributed by atoms with Gasteiger partial charge in [0, 0.05) is 37.6 Å². The first-order chi connectivity index (χ1) is 11.3. The molecule has 0 spiro atoms. The zero-order chi connectivity index (χ0) is 17.7. The van der Waals surface area contributed by atoms with Gasteiger partial charge in [0.1, 0.15) is 0 Å². The van der Waals surface area contributed by atoms with Crippen LogP contribution in [0.5, 0.6) is 0 Å². The Bertz CT molecular complexity index is 696. The van der Waals surface area contributed by atoms with Crippen LogP contribution < -0.4 is 10.0 Å². The van der Waals surface area contributed by atoms with Crippen molar-refractivity contribution >= 4 is 33.5 Å². The molecule has 1 aromatic carbocycles. The van der Waals surface area contributed by atoms with E-state index in [4.69, 9.17) is 0 Å². The van der Waals surface area contributed by atoms with Crippen LogP contribution >= 0.6 is 0 Å². The molecule has 1 saturated heterocycles. The number of sulfonamides is 1. The lowest BCUT2D eigenvalue weighted by molar-refractivity contribution is 0.0992. The smallest absolute Gasteiger partial charge is 0.409 e. The van der Waals surface area contributed by atoms with Gasteiger partial charge in [-0.15, -0.1) is 0 Å². The van der Waals surface area contributed by atoms with Crippen LogP contribution in [0.1, 0.15) is 0 Å². The van der Waals surface area contributed by atoms with Gasteiger partial charge in [-0.3, -0.25) is 4.72 Å². The van der Waals surface area contributed by atoms with E-state index in [-0.39, 0.29) is 6.03 Å². The third-order valence-corrected chi connectivity index (χ3v) is 4.05. The SMILES string of the molecule is COC(=O)N1CCN(C(=O)Nc2ccc(NS(C)(=O)=O)cc2)CC1. The number of amides is 3. The number of ether oxygens (including phenoxy) is 1. The van der Waals surface area contributed by atoms with E-state index < -0.39 is 16.1 Å². The van der Waals surface area contributed by atoms with Gasteiger partial charge in [-0.05, 0) is 24.3 Å². The number of carbonyl (C=O) groups is 2. The standard InChI is InChI=1S/C14H20N4O5S/c1-23-14(20)18-9-7-17(8-10-18)13(19)15-11-3-5-12(6-4-11)16-24(2,21)22/h3-6,16H,7-10H2,1-2H3,(H,15,19). The van der Waals surface area contributed by atoms with Crippen molar-refractivity contribution in [3.8, 4) is 0 Å². The Morgan fingerprint density at radius 2 is 1.50 bits per heavy atom. The van der Waals surface area contributed by atoms with Gasteiger partial charge in [-0.25, -0.2) is 18.0 Å². The molecule has 0 unspecified atom stereocenters. The number of anilines is 2. The molecule has 1 fully saturated rings. The first-order valence-electron chi connectivity index (χ1n) is 7.25. The number of benzene rings is 1.